The number of carbonyl (C=O) groups excluding carboxylic acids is 2. The summed E-state index contributed by atoms with van der Waals surface area (Å²) >= 11 is 0.349. The van der Waals surface area contributed by atoms with Crippen LogP contribution in [-0.2, 0) is 6.18 Å². The minimum absolute atomic E-state index is 0.204. The maximum atomic E-state index is 14.3. The number of hydrogen-bond donors (Lipinski definition) is 3. The van der Waals surface area contributed by atoms with Gasteiger partial charge in [0.15, 0.2) is 5.01 Å². The van der Waals surface area contributed by atoms with Gasteiger partial charge in [-0.25, -0.2) is 18.7 Å². The van der Waals surface area contributed by atoms with Crippen LogP contribution in [0, 0.1) is 0 Å². The molecule has 1 saturated heterocycles. The van der Waals surface area contributed by atoms with E-state index in [1.807, 2.05) is 0 Å². The number of hydrogen-bond acceptors (Lipinski definition) is 7. The van der Waals surface area contributed by atoms with Crippen molar-refractivity contribution in [2.45, 2.75) is 81.9 Å². The lowest BCUT2D eigenvalue weighted by Gasteiger charge is -2.44. The number of amides is 2. The number of halogens is 8. The number of carbonyl (C=O) groups is 2. The first kappa shape index (κ1) is 31.8. The molecule has 3 N–H and O–H groups in total. The highest BCUT2D eigenvalue weighted by Gasteiger charge is 2.58. The minimum Gasteiger partial charge on any atom is -0.389 e. The summed E-state index contributed by atoms with van der Waals surface area (Å²) in [6.45, 7) is 2.73. The largest absolute Gasteiger partial charge is 0.417 e. The van der Waals surface area contributed by atoms with Crippen molar-refractivity contribution in [1.29, 1.82) is 0 Å². The number of nitrogens with one attached hydrogen (secondary N) is 2. The Bertz CT molecular complexity index is 1370. The molecule has 8 nitrogen and oxygen atoms in total. The van der Waals surface area contributed by atoms with E-state index in [1.54, 1.807) is 0 Å². The Morgan fingerprint density at radius 3 is 2.29 bits per heavy atom. The lowest BCUT2D eigenvalue weighted by molar-refractivity contribution is -0.198. The fourth-order valence-corrected chi connectivity index (χ4v) is 5.73. The molecule has 0 aromatic carbocycles. The third-order valence-corrected chi connectivity index (χ3v) is 8.15. The van der Waals surface area contributed by atoms with E-state index in [9.17, 15) is 49.8 Å². The van der Waals surface area contributed by atoms with E-state index in [0.717, 1.165) is 4.90 Å². The number of likely N-dealkylation sites (tertiary alicyclic amines) is 1. The van der Waals surface area contributed by atoms with Gasteiger partial charge in [-0.05, 0) is 46.1 Å². The zero-order valence-electron chi connectivity index (χ0n) is 22.5. The average molecular weight is 630 g/mol. The summed E-state index contributed by atoms with van der Waals surface area (Å²) in [7, 11) is 0. The SMILES string of the molecule is CC1CC(F)(F)CN1C(=O)c1nc(C(=O)NCC(C)(C)O)sc1-c1cnc(NC2(C(F)(F)F)CCC2)cc1C(F)(F)F. The van der Waals surface area contributed by atoms with Crippen LogP contribution in [0.1, 0.15) is 72.3 Å². The van der Waals surface area contributed by atoms with Crippen LogP contribution in [0.5, 0.6) is 0 Å². The highest BCUT2D eigenvalue weighted by atomic mass is 32.1. The molecule has 0 radical (unpaired) electrons. The number of aromatic nitrogens is 2. The van der Waals surface area contributed by atoms with Gasteiger partial charge in [0.05, 0.1) is 22.6 Å². The number of aliphatic hydroxyl groups is 1. The minimum atomic E-state index is -5.17. The Kier molecular flexibility index (Phi) is 8.02. The average Bonchev–Trinajstić information content (AvgIpc) is 3.37. The van der Waals surface area contributed by atoms with E-state index in [1.165, 1.54) is 20.8 Å². The summed E-state index contributed by atoms with van der Waals surface area (Å²) in [5, 5.41) is 13.8. The molecular formula is C25H27F8N5O3S. The summed E-state index contributed by atoms with van der Waals surface area (Å²) in [4.78, 5) is 34.0. The van der Waals surface area contributed by atoms with Crippen LogP contribution in [0.15, 0.2) is 12.3 Å². The van der Waals surface area contributed by atoms with Crippen molar-refractivity contribution in [3.63, 3.8) is 0 Å². The molecular weight excluding hydrogens is 602 g/mol. The predicted molar refractivity (Wildman–Crippen MR) is 135 cm³/mol. The summed E-state index contributed by atoms with van der Waals surface area (Å²) in [5.41, 5.74) is -6.80. The van der Waals surface area contributed by atoms with Crippen molar-refractivity contribution in [1.82, 2.24) is 20.2 Å². The molecule has 232 valence electrons. The third-order valence-electron chi connectivity index (χ3n) is 7.07. The molecule has 1 saturated carbocycles. The zero-order chi connectivity index (χ0) is 31.5. The molecule has 17 heteroatoms. The molecule has 42 heavy (non-hydrogen) atoms. The second-order valence-corrected chi connectivity index (χ2v) is 12.2. The van der Waals surface area contributed by atoms with Gasteiger partial charge in [0.1, 0.15) is 17.1 Å². The van der Waals surface area contributed by atoms with Crippen molar-refractivity contribution in [2.75, 3.05) is 18.4 Å². The van der Waals surface area contributed by atoms with Gasteiger partial charge in [0.2, 0.25) is 0 Å². The lowest BCUT2D eigenvalue weighted by atomic mass is 9.76. The first-order valence-electron chi connectivity index (χ1n) is 12.8. The number of rotatable bonds is 7. The first-order chi connectivity index (χ1) is 19.1. The van der Waals surface area contributed by atoms with Crippen molar-refractivity contribution in [3.8, 4) is 10.4 Å². The van der Waals surface area contributed by atoms with E-state index in [4.69, 9.17) is 0 Å². The van der Waals surface area contributed by atoms with E-state index < -0.39 is 92.8 Å². The number of pyridine rings is 1. The summed E-state index contributed by atoms with van der Waals surface area (Å²) in [6, 6.07) is -0.641. The maximum Gasteiger partial charge on any atom is 0.417 e. The van der Waals surface area contributed by atoms with Gasteiger partial charge < -0.3 is 20.6 Å². The highest BCUT2D eigenvalue weighted by molar-refractivity contribution is 7.17. The fourth-order valence-electron chi connectivity index (χ4n) is 4.73. The van der Waals surface area contributed by atoms with E-state index in [-0.39, 0.29) is 25.8 Å². The van der Waals surface area contributed by atoms with Crippen LogP contribution in [-0.4, -0.2) is 74.2 Å². The van der Waals surface area contributed by atoms with Crippen LogP contribution < -0.4 is 10.6 Å². The summed E-state index contributed by atoms with van der Waals surface area (Å²) in [5.74, 6) is -6.09. The molecule has 3 heterocycles. The molecule has 0 spiro atoms. The Labute approximate surface area is 238 Å². The topological polar surface area (TPSA) is 107 Å². The third kappa shape index (κ3) is 6.45. The van der Waals surface area contributed by atoms with Crippen LogP contribution in [0.25, 0.3) is 10.4 Å². The van der Waals surface area contributed by atoms with Gasteiger partial charge >= 0.3 is 12.4 Å². The summed E-state index contributed by atoms with van der Waals surface area (Å²) in [6.07, 6.45) is -10.5. The number of thiazole rings is 1. The van der Waals surface area contributed by atoms with Gasteiger partial charge in [-0.3, -0.25) is 9.59 Å². The Hall–Kier alpha value is -3.08. The first-order valence-corrected chi connectivity index (χ1v) is 13.6. The molecule has 1 aliphatic heterocycles. The molecule has 0 bridgehead atoms. The van der Waals surface area contributed by atoms with Gasteiger partial charge in [-0.2, -0.15) is 26.3 Å². The monoisotopic (exact) mass is 629 g/mol. The Morgan fingerprint density at radius 2 is 1.81 bits per heavy atom. The maximum absolute atomic E-state index is 14.3. The molecule has 2 aromatic heterocycles. The van der Waals surface area contributed by atoms with E-state index >= 15 is 0 Å². The van der Waals surface area contributed by atoms with Crippen LogP contribution in [0.3, 0.4) is 0 Å². The van der Waals surface area contributed by atoms with Crippen molar-refractivity contribution < 1.29 is 49.8 Å². The molecule has 2 amide bonds. The molecule has 1 unspecified atom stereocenters. The van der Waals surface area contributed by atoms with Gasteiger partial charge in [0.25, 0.3) is 17.7 Å². The lowest BCUT2D eigenvalue weighted by Crippen LogP contribution is -2.57. The van der Waals surface area contributed by atoms with Crippen molar-refractivity contribution >= 4 is 29.0 Å². The second kappa shape index (κ2) is 10.6. The van der Waals surface area contributed by atoms with Crippen molar-refractivity contribution in [3.05, 3.63) is 28.5 Å². The van der Waals surface area contributed by atoms with Gasteiger partial charge in [-0.1, -0.05) is 0 Å². The smallest absolute Gasteiger partial charge is 0.389 e. The molecule has 1 aliphatic carbocycles. The Morgan fingerprint density at radius 1 is 1.17 bits per heavy atom. The highest BCUT2D eigenvalue weighted by Crippen LogP contribution is 2.48. The quantitative estimate of drug-likeness (QED) is 0.350. The van der Waals surface area contributed by atoms with Gasteiger partial charge in [0, 0.05) is 30.8 Å². The zero-order valence-corrected chi connectivity index (χ0v) is 23.3. The van der Waals surface area contributed by atoms with E-state index in [0.29, 0.717) is 23.6 Å². The molecule has 4 rings (SSSR count). The standard InChI is InChI=1S/C25H27F8N5O3S/c1-12-8-23(26,27)11-38(12)20(40)16-17(42-19(36-16)18(39)35-10-21(2,3)41)13-9-34-15(7-14(13)24(28,29)30)37-22(5-4-6-22)25(31,32)33/h7,9,12,41H,4-6,8,10-11H2,1-3H3,(H,34,37)(H,35,39). The fraction of sp³-hybridized carbons (Fsp3) is 0.600. The van der Waals surface area contributed by atoms with Crippen LogP contribution in [0.4, 0.5) is 40.9 Å². The summed E-state index contributed by atoms with van der Waals surface area (Å²) < 4.78 is 112. The van der Waals surface area contributed by atoms with E-state index in [2.05, 4.69) is 20.6 Å². The molecule has 2 fully saturated rings. The predicted octanol–water partition coefficient (Wildman–Crippen LogP) is 5.49. The van der Waals surface area contributed by atoms with Crippen LogP contribution >= 0.6 is 11.3 Å². The van der Waals surface area contributed by atoms with Crippen molar-refractivity contribution in [2.24, 2.45) is 0 Å². The Balaban J connectivity index is 1.81. The molecule has 1 atom stereocenters. The number of alkyl halides is 8. The number of nitrogens with zero attached hydrogens (tertiary/aromatic N) is 3. The normalized spacial score (nSPS) is 20.3. The second-order valence-electron chi connectivity index (χ2n) is 11.2. The molecule has 2 aromatic rings. The number of anilines is 1. The molecule has 2 aliphatic rings. The van der Waals surface area contributed by atoms with Gasteiger partial charge in [-0.15, -0.1) is 11.3 Å². The van der Waals surface area contributed by atoms with Crippen LogP contribution in [0.2, 0.25) is 0 Å².